The van der Waals surface area contributed by atoms with Crippen LogP contribution < -0.4 is 5.32 Å². The Morgan fingerprint density at radius 3 is 2.58 bits per heavy atom. The van der Waals surface area contributed by atoms with E-state index in [0.717, 1.165) is 39.0 Å². The van der Waals surface area contributed by atoms with E-state index >= 15 is 0 Å². The van der Waals surface area contributed by atoms with Crippen LogP contribution in [0.5, 0.6) is 0 Å². The monoisotopic (exact) mass is 285 g/mol. The molecule has 0 aromatic carbocycles. The summed E-state index contributed by atoms with van der Waals surface area (Å²) in [7, 11) is 0. The van der Waals surface area contributed by atoms with Gasteiger partial charge in [0.25, 0.3) is 0 Å². The third kappa shape index (κ3) is 5.16. The standard InChI is InChI=1S/C13H23N3O2S/c1-4-16(5-2)9-7-6-8-14-13-15-10(3)11(19-13)12(17)18/h4-9H2,1-3H3,(H,14,15)(H,17,18). The van der Waals surface area contributed by atoms with Crippen LogP contribution in [-0.4, -0.2) is 47.1 Å². The lowest BCUT2D eigenvalue weighted by molar-refractivity contribution is 0.0701. The first-order valence-corrected chi connectivity index (χ1v) is 7.57. The molecule has 0 fully saturated rings. The number of aromatic carboxylic acids is 1. The average molecular weight is 285 g/mol. The topological polar surface area (TPSA) is 65.5 Å². The van der Waals surface area contributed by atoms with E-state index in [4.69, 9.17) is 5.11 Å². The zero-order valence-electron chi connectivity index (χ0n) is 11.9. The van der Waals surface area contributed by atoms with Crippen molar-refractivity contribution in [2.75, 3.05) is 31.5 Å². The SMILES string of the molecule is CCN(CC)CCCCNc1nc(C)c(C(=O)O)s1. The average Bonchev–Trinajstić information content (AvgIpc) is 2.75. The normalized spacial score (nSPS) is 10.9. The summed E-state index contributed by atoms with van der Waals surface area (Å²) in [6, 6.07) is 0. The van der Waals surface area contributed by atoms with Crippen molar-refractivity contribution in [1.29, 1.82) is 0 Å². The Morgan fingerprint density at radius 1 is 1.37 bits per heavy atom. The van der Waals surface area contributed by atoms with Crippen LogP contribution in [0.1, 0.15) is 42.1 Å². The molecule has 2 N–H and O–H groups in total. The molecule has 0 radical (unpaired) electrons. The minimum absolute atomic E-state index is 0.325. The highest BCUT2D eigenvalue weighted by molar-refractivity contribution is 7.17. The number of thiazole rings is 1. The van der Waals surface area contributed by atoms with Gasteiger partial charge in [-0.2, -0.15) is 0 Å². The number of carboxylic acid groups (broad SMARTS) is 1. The molecule has 0 aliphatic rings. The van der Waals surface area contributed by atoms with Crippen molar-refractivity contribution >= 4 is 22.4 Å². The maximum absolute atomic E-state index is 10.9. The van der Waals surface area contributed by atoms with Crippen LogP contribution in [-0.2, 0) is 0 Å². The third-order valence-electron chi connectivity index (χ3n) is 3.06. The molecule has 0 aliphatic heterocycles. The molecule has 1 aromatic rings. The Kier molecular flexibility index (Phi) is 6.80. The van der Waals surface area contributed by atoms with Crippen LogP contribution in [0.25, 0.3) is 0 Å². The Hall–Kier alpha value is -1.14. The van der Waals surface area contributed by atoms with Gasteiger partial charge in [0.15, 0.2) is 5.13 Å². The second-order valence-corrected chi connectivity index (χ2v) is 5.40. The molecule has 1 aromatic heterocycles. The van der Waals surface area contributed by atoms with Crippen LogP contribution in [0.15, 0.2) is 0 Å². The first kappa shape index (κ1) is 15.9. The van der Waals surface area contributed by atoms with Crippen molar-refractivity contribution in [3.8, 4) is 0 Å². The Labute approximate surface area is 118 Å². The van der Waals surface area contributed by atoms with Crippen LogP contribution >= 0.6 is 11.3 Å². The summed E-state index contributed by atoms with van der Waals surface area (Å²) in [5.41, 5.74) is 0.586. The van der Waals surface area contributed by atoms with E-state index in [0.29, 0.717) is 15.7 Å². The third-order valence-corrected chi connectivity index (χ3v) is 4.17. The van der Waals surface area contributed by atoms with E-state index in [-0.39, 0.29) is 0 Å². The molecule has 0 amide bonds. The number of hydrogen-bond acceptors (Lipinski definition) is 5. The minimum atomic E-state index is -0.899. The first-order valence-electron chi connectivity index (χ1n) is 6.75. The van der Waals surface area contributed by atoms with E-state index in [2.05, 4.69) is 29.0 Å². The van der Waals surface area contributed by atoms with Crippen molar-refractivity contribution in [3.05, 3.63) is 10.6 Å². The van der Waals surface area contributed by atoms with E-state index in [9.17, 15) is 4.79 Å². The maximum Gasteiger partial charge on any atom is 0.347 e. The van der Waals surface area contributed by atoms with Crippen molar-refractivity contribution in [2.45, 2.75) is 33.6 Å². The lowest BCUT2D eigenvalue weighted by Gasteiger charge is -2.17. The first-order chi connectivity index (χ1) is 9.08. The lowest BCUT2D eigenvalue weighted by Crippen LogP contribution is -2.24. The highest BCUT2D eigenvalue weighted by Crippen LogP contribution is 2.22. The molecule has 0 unspecified atom stereocenters. The number of rotatable bonds is 9. The van der Waals surface area contributed by atoms with Gasteiger partial charge >= 0.3 is 5.97 Å². The Bertz CT molecular complexity index is 403. The summed E-state index contributed by atoms with van der Waals surface area (Å²) in [6.07, 6.45) is 2.21. The highest BCUT2D eigenvalue weighted by atomic mass is 32.1. The van der Waals surface area contributed by atoms with Crippen molar-refractivity contribution < 1.29 is 9.90 Å². The van der Waals surface area contributed by atoms with Crippen molar-refractivity contribution in [3.63, 3.8) is 0 Å². The van der Waals surface area contributed by atoms with E-state index < -0.39 is 5.97 Å². The predicted molar refractivity (Wildman–Crippen MR) is 79.3 cm³/mol. The molecule has 0 bridgehead atoms. The number of unbranched alkanes of at least 4 members (excludes halogenated alkanes) is 1. The van der Waals surface area contributed by atoms with E-state index in [1.807, 2.05) is 0 Å². The zero-order valence-corrected chi connectivity index (χ0v) is 12.7. The molecule has 5 nitrogen and oxygen atoms in total. The molecule has 0 aliphatic carbocycles. The Morgan fingerprint density at radius 2 is 2.05 bits per heavy atom. The molecule has 1 heterocycles. The fourth-order valence-electron chi connectivity index (χ4n) is 1.87. The van der Waals surface area contributed by atoms with Crippen molar-refractivity contribution in [2.24, 2.45) is 0 Å². The number of aromatic nitrogens is 1. The number of nitrogens with one attached hydrogen (secondary N) is 1. The number of carboxylic acids is 1. The molecular weight excluding hydrogens is 262 g/mol. The second kappa shape index (κ2) is 8.12. The van der Waals surface area contributed by atoms with Gasteiger partial charge in [-0.05, 0) is 39.4 Å². The predicted octanol–water partition coefficient (Wildman–Crippen LogP) is 2.68. The van der Waals surface area contributed by atoms with Gasteiger partial charge in [0.05, 0.1) is 5.69 Å². The second-order valence-electron chi connectivity index (χ2n) is 4.40. The van der Waals surface area contributed by atoms with Crippen LogP contribution in [0.3, 0.4) is 0 Å². The van der Waals surface area contributed by atoms with Gasteiger partial charge in [-0.3, -0.25) is 0 Å². The molecule has 0 saturated carbocycles. The molecule has 108 valence electrons. The van der Waals surface area contributed by atoms with Gasteiger partial charge in [-0.1, -0.05) is 25.2 Å². The summed E-state index contributed by atoms with van der Waals surface area (Å²) in [5.74, 6) is -0.899. The summed E-state index contributed by atoms with van der Waals surface area (Å²) in [4.78, 5) is 17.8. The quantitative estimate of drug-likeness (QED) is 0.683. The summed E-state index contributed by atoms with van der Waals surface area (Å²) in [5, 5.41) is 12.8. The van der Waals surface area contributed by atoms with E-state index in [1.54, 1.807) is 6.92 Å². The molecule has 0 atom stereocenters. The fraction of sp³-hybridized carbons (Fsp3) is 0.692. The van der Waals surface area contributed by atoms with Gasteiger partial charge in [0, 0.05) is 6.54 Å². The van der Waals surface area contributed by atoms with E-state index in [1.165, 1.54) is 11.3 Å². The molecule has 0 saturated heterocycles. The smallest absolute Gasteiger partial charge is 0.347 e. The number of anilines is 1. The van der Waals surface area contributed by atoms with Crippen LogP contribution in [0.2, 0.25) is 0 Å². The Balaban J connectivity index is 2.26. The van der Waals surface area contributed by atoms with Gasteiger partial charge < -0.3 is 15.3 Å². The summed E-state index contributed by atoms with van der Waals surface area (Å²) in [6.45, 7) is 10.2. The zero-order chi connectivity index (χ0) is 14.3. The molecular formula is C13H23N3O2S. The van der Waals surface area contributed by atoms with Crippen LogP contribution in [0.4, 0.5) is 5.13 Å². The summed E-state index contributed by atoms with van der Waals surface area (Å²) >= 11 is 1.21. The summed E-state index contributed by atoms with van der Waals surface area (Å²) < 4.78 is 0. The van der Waals surface area contributed by atoms with Gasteiger partial charge in [0.2, 0.25) is 0 Å². The molecule has 0 spiro atoms. The van der Waals surface area contributed by atoms with Gasteiger partial charge in [-0.15, -0.1) is 0 Å². The number of nitrogens with zero attached hydrogens (tertiary/aromatic N) is 2. The van der Waals surface area contributed by atoms with Crippen molar-refractivity contribution in [1.82, 2.24) is 9.88 Å². The minimum Gasteiger partial charge on any atom is -0.477 e. The largest absolute Gasteiger partial charge is 0.477 e. The molecule has 6 heteroatoms. The lowest BCUT2D eigenvalue weighted by atomic mass is 10.3. The fourth-order valence-corrected chi connectivity index (χ4v) is 2.70. The molecule has 19 heavy (non-hydrogen) atoms. The molecule has 1 rings (SSSR count). The maximum atomic E-state index is 10.9. The number of carbonyl (C=O) groups is 1. The number of hydrogen-bond donors (Lipinski definition) is 2. The van der Waals surface area contributed by atoms with Crippen LogP contribution in [0, 0.1) is 6.92 Å². The highest BCUT2D eigenvalue weighted by Gasteiger charge is 2.13. The van der Waals surface area contributed by atoms with Gasteiger partial charge in [0.1, 0.15) is 4.88 Å². The number of aryl methyl sites for hydroxylation is 1. The van der Waals surface area contributed by atoms with Gasteiger partial charge in [-0.25, -0.2) is 9.78 Å².